The standard InChI is InChI=1S/C16H21NO4/c1-10(16(19)20)11(2)17-15(18)9-21-14-7-6-12-4-3-5-13(12)8-14/h6-8,10-11H,3-5,9H2,1-2H3,(H,17,18)(H,19,20). The first-order chi connectivity index (χ1) is 9.97. The molecule has 1 aliphatic carbocycles. The van der Waals surface area contributed by atoms with Crippen LogP contribution in [0.25, 0.3) is 0 Å². The number of carbonyl (C=O) groups is 2. The summed E-state index contributed by atoms with van der Waals surface area (Å²) in [6.45, 7) is 3.14. The Morgan fingerprint density at radius 3 is 2.71 bits per heavy atom. The lowest BCUT2D eigenvalue weighted by molar-refractivity contribution is -0.142. The summed E-state index contributed by atoms with van der Waals surface area (Å²) in [5.74, 6) is -1.18. The second-order valence-corrected chi connectivity index (χ2v) is 5.56. The largest absolute Gasteiger partial charge is 0.484 e. The number of hydrogen-bond acceptors (Lipinski definition) is 3. The Kier molecular flexibility index (Phi) is 4.83. The van der Waals surface area contributed by atoms with Gasteiger partial charge in [-0.1, -0.05) is 6.07 Å². The maximum absolute atomic E-state index is 11.8. The summed E-state index contributed by atoms with van der Waals surface area (Å²) in [6.07, 6.45) is 3.34. The van der Waals surface area contributed by atoms with Crippen LogP contribution in [0.1, 0.15) is 31.4 Å². The van der Waals surface area contributed by atoms with E-state index in [-0.39, 0.29) is 12.5 Å². The number of fused-ring (bicyclic) bond motifs is 1. The minimum Gasteiger partial charge on any atom is -0.484 e. The monoisotopic (exact) mass is 291 g/mol. The third kappa shape index (κ3) is 3.97. The van der Waals surface area contributed by atoms with Crippen molar-refractivity contribution in [3.05, 3.63) is 29.3 Å². The van der Waals surface area contributed by atoms with Gasteiger partial charge in [-0.15, -0.1) is 0 Å². The number of rotatable bonds is 6. The van der Waals surface area contributed by atoms with Crippen LogP contribution in [0.3, 0.4) is 0 Å². The van der Waals surface area contributed by atoms with Gasteiger partial charge in [0.25, 0.3) is 5.91 Å². The van der Waals surface area contributed by atoms with Crippen LogP contribution in [0, 0.1) is 5.92 Å². The number of nitrogens with one attached hydrogen (secondary N) is 1. The number of benzene rings is 1. The van der Waals surface area contributed by atoms with Crippen LogP contribution in [0.15, 0.2) is 18.2 Å². The van der Waals surface area contributed by atoms with E-state index in [4.69, 9.17) is 9.84 Å². The molecule has 0 heterocycles. The highest BCUT2D eigenvalue weighted by atomic mass is 16.5. The van der Waals surface area contributed by atoms with Crippen LogP contribution in [-0.4, -0.2) is 29.6 Å². The molecule has 5 nitrogen and oxygen atoms in total. The molecular formula is C16H21NO4. The fourth-order valence-corrected chi connectivity index (χ4v) is 2.42. The van der Waals surface area contributed by atoms with Gasteiger partial charge in [0.05, 0.1) is 5.92 Å². The maximum Gasteiger partial charge on any atom is 0.308 e. The van der Waals surface area contributed by atoms with E-state index >= 15 is 0 Å². The average molecular weight is 291 g/mol. The second kappa shape index (κ2) is 6.61. The highest BCUT2D eigenvalue weighted by Crippen LogP contribution is 2.25. The highest BCUT2D eigenvalue weighted by Gasteiger charge is 2.21. The smallest absolute Gasteiger partial charge is 0.308 e. The zero-order valence-electron chi connectivity index (χ0n) is 12.4. The Bertz CT molecular complexity index is 541. The Labute approximate surface area is 124 Å². The first-order valence-electron chi connectivity index (χ1n) is 7.24. The molecule has 0 saturated carbocycles. The maximum atomic E-state index is 11.8. The summed E-state index contributed by atoms with van der Waals surface area (Å²) in [6, 6.07) is 5.48. The number of ether oxygens (including phenoxy) is 1. The minimum absolute atomic E-state index is 0.102. The van der Waals surface area contributed by atoms with Crippen molar-refractivity contribution in [2.75, 3.05) is 6.61 Å². The van der Waals surface area contributed by atoms with E-state index in [0.29, 0.717) is 5.75 Å². The SMILES string of the molecule is CC(NC(=O)COc1ccc2c(c1)CCC2)C(C)C(=O)O. The lowest BCUT2D eigenvalue weighted by Crippen LogP contribution is -2.42. The summed E-state index contributed by atoms with van der Waals surface area (Å²) in [4.78, 5) is 22.6. The molecule has 1 aromatic rings. The Morgan fingerprint density at radius 2 is 2.00 bits per heavy atom. The van der Waals surface area contributed by atoms with Crippen LogP contribution in [0.4, 0.5) is 0 Å². The van der Waals surface area contributed by atoms with Crippen molar-refractivity contribution in [1.82, 2.24) is 5.32 Å². The Balaban J connectivity index is 1.83. The number of carboxylic acids is 1. The van der Waals surface area contributed by atoms with E-state index < -0.39 is 17.9 Å². The summed E-state index contributed by atoms with van der Waals surface area (Å²) in [5.41, 5.74) is 2.65. The highest BCUT2D eigenvalue weighted by molar-refractivity contribution is 5.79. The number of carbonyl (C=O) groups excluding carboxylic acids is 1. The molecule has 1 aromatic carbocycles. The third-order valence-corrected chi connectivity index (χ3v) is 3.97. The van der Waals surface area contributed by atoms with Crippen LogP contribution in [0.5, 0.6) is 5.75 Å². The van der Waals surface area contributed by atoms with Gasteiger partial charge in [0, 0.05) is 6.04 Å². The molecule has 5 heteroatoms. The van der Waals surface area contributed by atoms with Crippen molar-refractivity contribution in [2.45, 2.75) is 39.2 Å². The normalized spacial score (nSPS) is 15.9. The van der Waals surface area contributed by atoms with Crippen molar-refractivity contribution in [2.24, 2.45) is 5.92 Å². The van der Waals surface area contributed by atoms with Gasteiger partial charge in [-0.3, -0.25) is 9.59 Å². The lowest BCUT2D eigenvalue weighted by Gasteiger charge is -2.18. The zero-order valence-corrected chi connectivity index (χ0v) is 12.4. The Morgan fingerprint density at radius 1 is 1.29 bits per heavy atom. The minimum atomic E-state index is -0.928. The van der Waals surface area contributed by atoms with Crippen LogP contribution in [-0.2, 0) is 22.4 Å². The van der Waals surface area contributed by atoms with E-state index in [1.54, 1.807) is 13.8 Å². The van der Waals surface area contributed by atoms with Gasteiger partial charge < -0.3 is 15.2 Å². The third-order valence-electron chi connectivity index (χ3n) is 3.97. The molecule has 0 fully saturated rings. The van der Waals surface area contributed by atoms with E-state index in [1.165, 1.54) is 17.5 Å². The fourth-order valence-electron chi connectivity index (χ4n) is 2.42. The molecule has 0 spiro atoms. The molecule has 0 aliphatic heterocycles. The van der Waals surface area contributed by atoms with Crippen LogP contribution < -0.4 is 10.1 Å². The van der Waals surface area contributed by atoms with Gasteiger partial charge in [-0.05, 0) is 56.4 Å². The summed E-state index contributed by atoms with van der Waals surface area (Å²) < 4.78 is 5.47. The number of aryl methyl sites for hydroxylation is 2. The number of carboxylic acid groups (broad SMARTS) is 1. The molecule has 2 unspecified atom stereocenters. The van der Waals surface area contributed by atoms with E-state index in [2.05, 4.69) is 5.32 Å². The van der Waals surface area contributed by atoms with Crippen molar-refractivity contribution >= 4 is 11.9 Å². The molecule has 1 aliphatic rings. The molecule has 0 bridgehead atoms. The number of amides is 1. The molecule has 0 saturated heterocycles. The quantitative estimate of drug-likeness (QED) is 0.837. The zero-order chi connectivity index (χ0) is 15.4. The predicted molar refractivity (Wildman–Crippen MR) is 78.4 cm³/mol. The molecule has 0 radical (unpaired) electrons. The van der Waals surface area contributed by atoms with Gasteiger partial charge in [-0.25, -0.2) is 0 Å². The predicted octanol–water partition coefficient (Wildman–Crippen LogP) is 1.78. The topological polar surface area (TPSA) is 75.6 Å². The van der Waals surface area contributed by atoms with E-state index in [0.717, 1.165) is 12.8 Å². The molecule has 21 heavy (non-hydrogen) atoms. The molecule has 1 amide bonds. The van der Waals surface area contributed by atoms with Gasteiger partial charge in [0.1, 0.15) is 5.75 Å². The molecule has 114 valence electrons. The summed E-state index contributed by atoms with van der Waals surface area (Å²) in [7, 11) is 0. The van der Waals surface area contributed by atoms with Gasteiger partial charge in [0.2, 0.25) is 0 Å². The fraction of sp³-hybridized carbons (Fsp3) is 0.500. The van der Waals surface area contributed by atoms with Crippen LogP contribution >= 0.6 is 0 Å². The summed E-state index contributed by atoms with van der Waals surface area (Å²) >= 11 is 0. The van der Waals surface area contributed by atoms with Crippen molar-refractivity contribution in [3.63, 3.8) is 0 Å². The molecular weight excluding hydrogens is 270 g/mol. The number of aliphatic carboxylic acids is 1. The van der Waals surface area contributed by atoms with Crippen molar-refractivity contribution in [1.29, 1.82) is 0 Å². The summed E-state index contributed by atoms with van der Waals surface area (Å²) in [5, 5.41) is 11.5. The lowest BCUT2D eigenvalue weighted by atomic mass is 10.0. The van der Waals surface area contributed by atoms with E-state index in [9.17, 15) is 9.59 Å². The molecule has 2 atom stereocenters. The van der Waals surface area contributed by atoms with Gasteiger partial charge in [0.15, 0.2) is 6.61 Å². The van der Waals surface area contributed by atoms with Gasteiger partial charge in [-0.2, -0.15) is 0 Å². The van der Waals surface area contributed by atoms with E-state index in [1.807, 2.05) is 18.2 Å². The van der Waals surface area contributed by atoms with Crippen LogP contribution in [0.2, 0.25) is 0 Å². The molecule has 2 N–H and O–H groups in total. The average Bonchev–Trinajstić information content (AvgIpc) is 2.91. The number of hydrogen-bond donors (Lipinski definition) is 2. The van der Waals surface area contributed by atoms with Crippen molar-refractivity contribution in [3.8, 4) is 5.75 Å². The molecule has 2 rings (SSSR count). The van der Waals surface area contributed by atoms with Gasteiger partial charge >= 0.3 is 5.97 Å². The first-order valence-corrected chi connectivity index (χ1v) is 7.24. The second-order valence-electron chi connectivity index (χ2n) is 5.56. The first kappa shape index (κ1) is 15.4. The molecule has 0 aromatic heterocycles. The van der Waals surface area contributed by atoms with Crippen molar-refractivity contribution < 1.29 is 19.4 Å². The Hall–Kier alpha value is -2.04.